The Morgan fingerprint density at radius 2 is 1.92 bits per heavy atom. The lowest BCUT2D eigenvalue weighted by Gasteiger charge is -2.19. The van der Waals surface area contributed by atoms with Crippen molar-refractivity contribution in [1.82, 2.24) is 8.75 Å². The SMILES string of the molecule is O=C(CS(=O)(=O)c1cccc2nsnc12)Nc1ccc2c(c1)OCCO2. The summed E-state index contributed by atoms with van der Waals surface area (Å²) < 4.78 is 44.1. The molecule has 1 aliphatic rings. The number of nitrogens with zero attached hydrogens (tertiary/aromatic N) is 2. The number of amides is 1. The molecule has 0 atom stereocenters. The van der Waals surface area contributed by atoms with Crippen molar-refractivity contribution >= 4 is 44.2 Å². The number of hydrogen-bond donors (Lipinski definition) is 1. The highest BCUT2D eigenvalue weighted by Gasteiger charge is 2.23. The Bertz CT molecular complexity index is 1090. The summed E-state index contributed by atoms with van der Waals surface area (Å²) in [5.74, 6) is -0.250. The predicted octanol–water partition coefficient (Wildman–Crippen LogP) is 1.87. The third-order valence-corrected chi connectivity index (χ3v) is 5.92. The van der Waals surface area contributed by atoms with E-state index in [4.69, 9.17) is 9.47 Å². The van der Waals surface area contributed by atoms with Gasteiger partial charge in [-0.25, -0.2) is 8.42 Å². The van der Waals surface area contributed by atoms with E-state index in [2.05, 4.69) is 14.1 Å². The molecule has 2 aromatic carbocycles. The number of carbonyl (C=O) groups excluding carboxylic acids is 1. The average molecular weight is 391 g/mol. The van der Waals surface area contributed by atoms with Gasteiger partial charge in [-0.1, -0.05) is 6.07 Å². The van der Waals surface area contributed by atoms with Gasteiger partial charge in [0.25, 0.3) is 0 Å². The number of carbonyl (C=O) groups is 1. The Morgan fingerprint density at radius 3 is 2.77 bits per heavy atom. The van der Waals surface area contributed by atoms with E-state index in [9.17, 15) is 13.2 Å². The van der Waals surface area contributed by atoms with Gasteiger partial charge in [0.05, 0.1) is 16.6 Å². The average Bonchev–Trinajstić information content (AvgIpc) is 3.09. The van der Waals surface area contributed by atoms with Crippen molar-refractivity contribution in [2.75, 3.05) is 24.3 Å². The fourth-order valence-corrected chi connectivity index (χ4v) is 4.51. The van der Waals surface area contributed by atoms with Crippen LogP contribution in [0.4, 0.5) is 5.69 Å². The first-order chi connectivity index (χ1) is 12.5. The van der Waals surface area contributed by atoms with Crippen LogP contribution >= 0.6 is 11.7 Å². The summed E-state index contributed by atoms with van der Waals surface area (Å²) in [6, 6.07) is 9.58. The van der Waals surface area contributed by atoms with Crippen LogP contribution in [0.2, 0.25) is 0 Å². The normalized spacial score (nSPS) is 13.5. The minimum absolute atomic E-state index is 0.000995. The van der Waals surface area contributed by atoms with Gasteiger partial charge in [0.15, 0.2) is 21.3 Å². The molecule has 0 fully saturated rings. The molecule has 1 amide bonds. The van der Waals surface area contributed by atoms with Crippen LogP contribution in [0.3, 0.4) is 0 Å². The van der Waals surface area contributed by atoms with E-state index < -0.39 is 21.5 Å². The molecular formula is C16H13N3O5S2. The fourth-order valence-electron chi connectivity index (χ4n) is 2.60. The quantitative estimate of drug-likeness (QED) is 0.723. The molecule has 0 spiro atoms. The Balaban J connectivity index is 1.53. The van der Waals surface area contributed by atoms with Crippen molar-refractivity contribution in [3.8, 4) is 11.5 Å². The second-order valence-electron chi connectivity index (χ2n) is 5.55. The van der Waals surface area contributed by atoms with Crippen LogP contribution in [0.5, 0.6) is 11.5 Å². The molecule has 2 heterocycles. The van der Waals surface area contributed by atoms with Gasteiger partial charge >= 0.3 is 0 Å². The summed E-state index contributed by atoms with van der Waals surface area (Å²) in [7, 11) is -3.86. The maximum Gasteiger partial charge on any atom is 0.239 e. The minimum atomic E-state index is -3.86. The molecule has 1 aliphatic heterocycles. The third kappa shape index (κ3) is 3.20. The number of sulfone groups is 1. The van der Waals surface area contributed by atoms with Crippen LogP contribution in [-0.2, 0) is 14.6 Å². The van der Waals surface area contributed by atoms with E-state index in [1.165, 1.54) is 6.07 Å². The van der Waals surface area contributed by atoms with Gasteiger partial charge in [-0.2, -0.15) is 8.75 Å². The first kappa shape index (κ1) is 16.7. The molecule has 26 heavy (non-hydrogen) atoms. The summed E-state index contributed by atoms with van der Waals surface area (Å²) in [4.78, 5) is 12.2. The lowest BCUT2D eigenvalue weighted by atomic mass is 10.2. The van der Waals surface area contributed by atoms with Crippen molar-refractivity contribution in [2.45, 2.75) is 4.90 Å². The highest BCUT2D eigenvalue weighted by molar-refractivity contribution is 7.92. The molecule has 134 valence electrons. The van der Waals surface area contributed by atoms with E-state index in [0.29, 0.717) is 35.9 Å². The number of rotatable bonds is 4. The zero-order valence-electron chi connectivity index (χ0n) is 13.3. The van der Waals surface area contributed by atoms with Crippen molar-refractivity contribution in [3.63, 3.8) is 0 Å². The summed E-state index contributed by atoms with van der Waals surface area (Å²) in [6.07, 6.45) is 0. The largest absolute Gasteiger partial charge is 0.486 e. The topological polar surface area (TPSA) is 107 Å². The second kappa shape index (κ2) is 6.54. The Labute approximate surface area is 153 Å². The zero-order valence-corrected chi connectivity index (χ0v) is 15.0. The summed E-state index contributed by atoms with van der Waals surface area (Å²) in [6.45, 7) is 0.887. The fraction of sp³-hybridized carbons (Fsp3) is 0.188. The monoisotopic (exact) mass is 391 g/mol. The van der Waals surface area contributed by atoms with Crippen molar-refractivity contribution in [2.24, 2.45) is 0 Å². The maximum atomic E-state index is 12.6. The number of benzene rings is 2. The Hall–Kier alpha value is -2.72. The smallest absolute Gasteiger partial charge is 0.239 e. The standard InChI is InChI=1S/C16H13N3O5S2/c20-15(17-10-4-5-12-13(8-10)24-7-6-23-12)9-26(21,22)14-3-1-2-11-16(14)19-25-18-11/h1-5,8H,6-7,9H2,(H,17,20). The maximum absolute atomic E-state index is 12.6. The Morgan fingerprint density at radius 1 is 1.12 bits per heavy atom. The molecule has 1 aromatic heterocycles. The first-order valence-corrected chi connectivity index (χ1v) is 10.0. The zero-order chi connectivity index (χ0) is 18.1. The van der Waals surface area contributed by atoms with Gasteiger partial charge in [0.1, 0.15) is 30.0 Å². The van der Waals surface area contributed by atoms with Gasteiger partial charge < -0.3 is 14.8 Å². The van der Waals surface area contributed by atoms with Crippen LogP contribution < -0.4 is 14.8 Å². The predicted molar refractivity (Wildman–Crippen MR) is 95.5 cm³/mol. The summed E-state index contributed by atoms with van der Waals surface area (Å²) in [5.41, 5.74) is 1.20. The number of nitrogens with one attached hydrogen (secondary N) is 1. The van der Waals surface area contributed by atoms with Gasteiger partial charge in [-0.3, -0.25) is 4.79 Å². The first-order valence-electron chi connectivity index (χ1n) is 7.66. The molecule has 0 radical (unpaired) electrons. The number of aromatic nitrogens is 2. The third-order valence-electron chi connectivity index (χ3n) is 3.73. The van der Waals surface area contributed by atoms with Crippen molar-refractivity contribution in [1.29, 1.82) is 0 Å². The van der Waals surface area contributed by atoms with E-state index in [1.54, 1.807) is 30.3 Å². The molecule has 1 N–H and O–H groups in total. The summed E-state index contributed by atoms with van der Waals surface area (Å²) >= 11 is 0.927. The molecule has 3 aromatic rings. The van der Waals surface area contributed by atoms with Crippen LogP contribution in [0, 0.1) is 0 Å². The molecule has 0 unspecified atom stereocenters. The van der Waals surface area contributed by atoms with E-state index in [-0.39, 0.29) is 10.4 Å². The highest BCUT2D eigenvalue weighted by atomic mass is 32.2. The molecule has 0 aliphatic carbocycles. The molecule has 0 saturated carbocycles. The minimum Gasteiger partial charge on any atom is -0.486 e. The number of hydrogen-bond acceptors (Lipinski definition) is 8. The molecule has 4 rings (SSSR count). The second-order valence-corrected chi connectivity index (χ2v) is 8.04. The van der Waals surface area contributed by atoms with Crippen LogP contribution in [-0.4, -0.2) is 42.0 Å². The number of ether oxygens (including phenoxy) is 2. The molecule has 10 heteroatoms. The van der Waals surface area contributed by atoms with Gasteiger partial charge in [0.2, 0.25) is 5.91 Å². The lowest BCUT2D eigenvalue weighted by molar-refractivity contribution is -0.113. The van der Waals surface area contributed by atoms with Crippen molar-refractivity contribution in [3.05, 3.63) is 36.4 Å². The van der Waals surface area contributed by atoms with E-state index in [1.807, 2.05) is 0 Å². The lowest BCUT2D eigenvalue weighted by Crippen LogP contribution is -2.23. The molecule has 0 saturated heterocycles. The summed E-state index contributed by atoms with van der Waals surface area (Å²) in [5, 5.41) is 2.57. The van der Waals surface area contributed by atoms with Gasteiger partial charge in [-0.15, -0.1) is 0 Å². The Kier molecular flexibility index (Phi) is 4.21. The molecule has 0 bridgehead atoms. The number of fused-ring (bicyclic) bond motifs is 2. The van der Waals surface area contributed by atoms with Crippen LogP contribution in [0.25, 0.3) is 11.0 Å². The molecule has 8 nitrogen and oxygen atoms in total. The van der Waals surface area contributed by atoms with Crippen LogP contribution in [0.15, 0.2) is 41.3 Å². The van der Waals surface area contributed by atoms with Gasteiger partial charge in [-0.05, 0) is 24.3 Å². The van der Waals surface area contributed by atoms with E-state index in [0.717, 1.165) is 11.7 Å². The van der Waals surface area contributed by atoms with Crippen LogP contribution in [0.1, 0.15) is 0 Å². The molecular weight excluding hydrogens is 378 g/mol. The number of anilines is 1. The van der Waals surface area contributed by atoms with Gasteiger partial charge in [0, 0.05) is 11.8 Å². The van der Waals surface area contributed by atoms with E-state index >= 15 is 0 Å². The van der Waals surface area contributed by atoms with Crippen molar-refractivity contribution < 1.29 is 22.7 Å². The highest BCUT2D eigenvalue weighted by Crippen LogP contribution is 2.32.